The smallest absolute Gasteiger partial charge is 0.127 e. The van der Waals surface area contributed by atoms with Crippen LogP contribution < -0.4 is 10.1 Å². The van der Waals surface area contributed by atoms with Crippen LogP contribution in [-0.4, -0.2) is 35.4 Å². The zero-order valence-electron chi connectivity index (χ0n) is 12.8. The van der Waals surface area contributed by atoms with Gasteiger partial charge in [-0.05, 0) is 32.2 Å². The molecule has 1 atom stereocenters. The summed E-state index contributed by atoms with van der Waals surface area (Å²) in [5.74, 6) is 0.818. The number of rotatable bonds is 5. The Morgan fingerprint density at radius 3 is 2.48 bits per heavy atom. The largest absolute Gasteiger partial charge is 0.870 e. The molecule has 1 unspecified atom stereocenters. The molecule has 0 aliphatic heterocycles. The highest BCUT2D eigenvalue weighted by Crippen LogP contribution is 2.25. The SMILES string of the molecule is CC(C)(C)NCC(O)COc1cccc2ccccc12.[OH-]. The lowest BCUT2D eigenvalue weighted by Gasteiger charge is -2.23. The molecule has 21 heavy (non-hydrogen) atoms. The van der Waals surface area contributed by atoms with E-state index in [4.69, 9.17) is 4.74 Å². The van der Waals surface area contributed by atoms with Crippen LogP contribution in [0.25, 0.3) is 10.8 Å². The van der Waals surface area contributed by atoms with Gasteiger partial charge in [-0.1, -0.05) is 36.4 Å². The minimum Gasteiger partial charge on any atom is -0.870 e. The van der Waals surface area contributed by atoms with E-state index in [2.05, 4.69) is 38.2 Å². The van der Waals surface area contributed by atoms with Gasteiger partial charge in [0.05, 0.1) is 0 Å². The lowest BCUT2D eigenvalue weighted by Crippen LogP contribution is -2.42. The molecule has 0 aromatic heterocycles. The van der Waals surface area contributed by atoms with E-state index in [1.165, 1.54) is 0 Å². The predicted molar refractivity (Wildman–Crippen MR) is 85.1 cm³/mol. The first-order valence-electron chi connectivity index (χ1n) is 6.99. The number of benzene rings is 2. The Labute approximate surface area is 126 Å². The Morgan fingerprint density at radius 1 is 1.10 bits per heavy atom. The van der Waals surface area contributed by atoms with Crippen molar-refractivity contribution in [3.05, 3.63) is 42.5 Å². The number of hydrogen-bond acceptors (Lipinski definition) is 4. The van der Waals surface area contributed by atoms with Crippen molar-refractivity contribution in [3.63, 3.8) is 0 Å². The summed E-state index contributed by atoms with van der Waals surface area (Å²) in [4.78, 5) is 0. The van der Waals surface area contributed by atoms with Gasteiger partial charge in [0, 0.05) is 17.5 Å². The van der Waals surface area contributed by atoms with Crippen LogP contribution in [0.2, 0.25) is 0 Å². The molecular weight excluding hydrogens is 266 g/mol. The van der Waals surface area contributed by atoms with E-state index < -0.39 is 6.10 Å². The highest BCUT2D eigenvalue weighted by molar-refractivity contribution is 5.88. The third-order valence-electron chi connectivity index (χ3n) is 3.05. The number of aliphatic hydroxyl groups excluding tert-OH is 1. The Bertz CT molecular complexity index is 558. The number of aliphatic hydroxyl groups is 1. The molecule has 0 saturated carbocycles. The van der Waals surface area contributed by atoms with Gasteiger partial charge in [0.1, 0.15) is 18.5 Å². The normalized spacial score (nSPS) is 12.8. The average molecular weight is 290 g/mol. The highest BCUT2D eigenvalue weighted by atomic mass is 16.5. The van der Waals surface area contributed by atoms with Crippen molar-refractivity contribution in [3.8, 4) is 5.75 Å². The maximum atomic E-state index is 9.96. The van der Waals surface area contributed by atoms with E-state index in [0.717, 1.165) is 16.5 Å². The van der Waals surface area contributed by atoms with E-state index in [1.54, 1.807) is 0 Å². The predicted octanol–water partition coefficient (Wildman–Crippen LogP) is 2.79. The Hall–Kier alpha value is -1.62. The van der Waals surface area contributed by atoms with E-state index in [-0.39, 0.29) is 17.6 Å². The molecule has 0 bridgehead atoms. The van der Waals surface area contributed by atoms with Gasteiger partial charge in [0.15, 0.2) is 0 Å². The van der Waals surface area contributed by atoms with E-state index >= 15 is 0 Å². The zero-order chi connectivity index (χ0) is 14.6. The molecule has 2 aromatic carbocycles. The van der Waals surface area contributed by atoms with Gasteiger partial charge in [-0.15, -0.1) is 0 Å². The van der Waals surface area contributed by atoms with Crippen molar-refractivity contribution in [2.24, 2.45) is 0 Å². The van der Waals surface area contributed by atoms with Crippen molar-refractivity contribution < 1.29 is 15.3 Å². The number of hydrogen-bond donors (Lipinski definition) is 2. The lowest BCUT2D eigenvalue weighted by atomic mass is 10.1. The zero-order valence-corrected chi connectivity index (χ0v) is 12.8. The van der Waals surface area contributed by atoms with Gasteiger partial charge < -0.3 is 20.6 Å². The third-order valence-corrected chi connectivity index (χ3v) is 3.05. The molecule has 0 amide bonds. The first-order valence-corrected chi connectivity index (χ1v) is 6.99. The van der Waals surface area contributed by atoms with Gasteiger partial charge in [0.2, 0.25) is 0 Å². The fourth-order valence-electron chi connectivity index (χ4n) is 1.99. The summed E-state index contributed by atoms with van der Waals surface area (Å²) < 4.78 is 5.76. The van der Waals surface area contributed by atoms with Crippen LogP contribution >= 0.6 is 0 Å². The van der Waals surface area contributed by atoms with E-state index in [9.17, 15) is 5.11 Å². The highest BCUT2D eigenvalue weighted by Gasteiger charge is 2.13. The molecule has 2 aromatic rings. The first-order chi connectivity index (χ1) is 9.46. The number of nitrogens with one attached hydrogen (secondary N) is 1. The summed E-state index contributed by atoms with van der Waals surface area (Å²) in [7, 11) is 0. The lowest BCUT2D eigenvalue weighted by molar-refractivity contribution is 0.101. The molecule has 3 N–H and O–H groups in total. The Balaban J connectivity index is 0.00000220. The summed E-state index contributed by atoms with van der Waals surface area (Å²) >= 11 is 0. The average Bonchev–Trinajstić information content (AvgIpc) is 2.42. The fraction of sp³-hybridized carbons (Fsp3) is 0.412. The quantitative estimate of drug-likeness (QED) is 0.888. The van der Waals surface area contributed by atoms with Gasteiger partial charge in [-0.25, -0.2) is 0 Å². The molecule has 0 fully saturated rings. The first kappa shape index (κ1) is 17.4. The fourth-order valence-corrected chi connectivity index (χ4v) is 1.99. The van der Waals surface area contributed by atoms with Crippen LogP contribution in [0.5, 0.6) is 5.75 Å². The van der Waals surface area contributed by atoms with Crippen molar-refractivity contribution >= 4 is 10.8 Å². The van der Waals surface area contributed by atoms with Crippen LogP contribution in [0.3, 0.4) is 0 Å². The standard InChI is InChI=1S/C17H23NO2.H2O/c1-17(2,3)18-11-14(19)12-20-16-10-6-8-13-7-4-5-9-15(13)16;/h4-10,14,18-19H,11-12H2,1-3H3;1H2/p-1. The minimum atomic E-state index is -0.520. The minimum absolute atomic E-state index is 0. The van der Waals surface area contributed by atoms with Gasteiger partial charge >= 0.3 is 0 Å². The second-order valence-corrected chi connectivity index (χ2v) is 6.07. The molecule has 0 heterocycles. The number of ether oxygens (including phenoxy) is 1. The molecule has 2 rings (SSSR count). The van der Waals surface area contributed by atoms with Gasteiger partial charge in [0.25, 0.3) is 0 Å². The molecule has 0 aliphatic rings. The molecule has 4 nitrogen and oxygen atoms in total. The number of β-amino-alcohol motifs (C(OH)–C–C–N with tert-alkyl or cyclic N) is 1. The molecule has 0 radical (unpaired) electrons. The maximum Gasteiger partial charge on any atom is 0.127 e. The molecular formula is C17H24NO3-. The van der Waals surface area contributed by atoms with Crippen LogP contribution in [0.1, 0.15) is 20.8 Å². The Kier molecular flexibility index (Phi) is 6.15. The second kappa shape index (κ2) is 7.41. The van der Waals surface area contributed by atoms with Crippen molar-refractivity contribution in [2.45, 2.75) is 32.4 Å². The maximum absolute atomic E-state index is 9.96. The molecule has 0 spiro atoms. The summed E-state index contributed by atoms with van der Waals surface area (Å²) in [5.41, 5.74) is 0.000420. The van der Waals surface area contributed by atoms with Crippen LogP contribution in [0, 0.1) is 0 Å². The van der Waals surface area contributed by atoms with Crippen molar-refractivity contribution in [2.75, 3.05) is 13.2 Å². The van der Waals surface area contributed by atoms with Crippen LogP contribution in [0.15, 0.2) is 42.5 Å². The monoisotopic (exact) mass is 290 g/mol. The topological polar surface area (TPSA) is 71.5 Å². The second-order valence-electron chi connectivity index (χ2n) is 6.07. The molecule has 116 valence electrons. The summed E-state index contributed by atoms with van der Waals surface area (Å²) in [5, 5.41) is 15.4. The van der Waals surface area contributed by atoms with E-state index in [1.807, 2.05) is 30.3 Å². The summed E-state index contributed by atoms with van der Waals surface area (Å²) in [6, 6.07) is 14.1. The van der Waals surface area contributed by atoms with Gasteiger partial charge in [-0.2, -0.15) is 0 Å². The number of fused-ring (bicyclic) bond motifs is 1. The molecule has 4 heteroatoms. The van der Waals surface area contributed by atoms with Crippen LogP contribution in [-0.2, 0) is 0 Å². The molecule has 0 aliphatic carbocycles. The van der Waals surface area contributed by atoms with Gasteiger partial charge in [-0.3, -0.25) is 0 Å². The molecule has 0 saturated heterocycles. The summed E-state index contributed by atoms with van der Waals surface area (Å²) in [6.07, 6.45) is -0.520. The van der Waals surface area contributed by atoms with E-state index in [0.29, 0.717) is 6.54 Å². The van der Waals surface area contributed by atoms with Crippen molar-refractivity contribution in [1.82, 2.24) is 5.32 Å². The van der Waals surface area contributed by atoms with Crippen molar-refractivity contribution in [1.29, 1.82) is 0 Å². The van der Waals surface area contributed by atoms with Crippen LogP contribution in [0.4, 0.5) is 0 Å². The summed E-state index contributed by atoms with van der Waals surface area (Å²) in [6.45, 7) is 7.03. The third kappa shape index (κ3) is 5.34. The Morgan fingerprint density at radius 2 is 1.76 bits per heavy atom.